The first-order valence-electron chi connectivity index (χ1n) is 9.38. The van der Waals surface area contributed by atoms with E-state index in [-0.39, 0.29) is 0 Å². The van der Waals surface area contributed by atoms with Crippen molar-refractivity contribution in [1.29, 1.82) is 0 Å². The predicted octanol–water partition coefficient (Wildman–Crippen LogP) is 4.81. The van der Waals surface area contributed by atoms with Crippen LogP contribution in [0.25, 0.3) is 21.8 Å². The van der Waals surface area contributed by atoms with Crippen molar-refractivity contribution < 1.29 is 0 Å². The number of nitrogens with zero attached hydrogens (tertiary/aromatic N) is 2. The SMILES string of the molecule is CCn1c2ccccc2c2cc(/C=N\NC(=S)NCc3ccccc3)ccc21. The molecular formula is C23H22N4S. The van der Waals surface area contributed by atoms with Crippen LogP contribution in [0, 0.1) is 0 Å². The zero-order valence-electron chi connectivity index (χ0n) is 15.7. The Labute approximate surface area is 169 Å². The number of aryl methyl sites for hydroxylation is 1. The minimum atomic E-state index is 0.503. The molecule has 0 spiro atoms. The van der Waals surface area contributed by atoms with Crippen LogP contribution in [-0.4, -0.2) is 15.9 Å². The highest BCUT2D eigenvalue weighted by molar-refractivity contribution is 7.80. The van der Waals surface area contributed by atoms with Crippen LogP contribution >= 0.6 is 12.2 Å². The number of thiocarbonyl (C=S) groups is 1. The summed E-state index contributed by atoms with van der Waals surface area (Å²) in [6.07, 6.45) is 1.80. The molecule has 28 heavy (non-hydrogen) atoms. The molecule has 0 unspecified atom stereocenters. The van der Waals surface area contributed by atoms with Crippen molar-refractivity contribution in [3.05, 3.63) is 83.9 Å². The van der Waals surface area contributed by atoms with Gasteiger partial charge in [0, 0.05) is 34.9 Å². The van der Waals surface area contributed by atoms with E-state index in [2.05, 4.69) is 81.9 Å². The number of nitrogens with one attached hydrogen (secondary N) is 2. The lowest BCUT2D eigenvalue weighted by atomic mass is 10.1. The molecular weight excluding hydrogens is 364 g/mol. The highest BCUT2D eigenvalue weighted by Crippen LogP contribution is 2.29. The molecule has 2 N–H and O–H groups in total. The summed E-state index contributed by atoms with van der Waals surface area (Å²) in [5.74, 6) is 0. The number of rotatable bonds is 5. The van der Waals surface area contributed by atoms with Gasteiger partial charge in [-0.05, 0) is 48.5 Å². The zero-order chi connectivity index (χ0) is 19.3. The Hall–Kier alpha value is -3.18. The molecule has 3 aromatic carbocycles. The Kier molecular flexibility index (Phi) is 5.35. The quantitative estimate of drug-likeness (QED) is 0.294. The zero-order valence-corrected chi connectivity index (χ0v) is 16.5. The normalized spacial score (nSPS) is 11.3. The van der Waals surface area contributed by atoms with Gasteiger partial charge in [-0.1, -0.05) is 54.6 Å². The molecule has 0 amide bonds. The van der Waals surface area contributed by atoms with Crippen molar-refractivity contribution in [3.63, 3.8) is 0 Å². The van der Waals surface area contributed by atoms with Crippen LogP contribution in [0.2, 0.25) is 0 Å². The second-order valence-corrected chi connectivity index (χ2v) is 6.98. The third-order valence-electron chi connectivity index (χ3n) is 4.79. The van der Waals surface area contributed by atoms with Crippen LogP contribution in [0.1, 0.15) is 18.1 Å². The van der Waals surface area contributed by atoms with Crippen molar-refractivity contribution in [1.82, 2.24) is 15.3 Å². The Bertz CT molecular complexity index is 1150. The summed E-state index contributed by atoms with van der Waals surface area (Å²) < 4.78 is 2.34. The maximum absolute atomic E-state index is 5.29. The first-order chi connectivity index (χ1) is 13.8. The molecule has 0 fully saturated rings. The lowest BCUT2D eigenvalue weighted by Gasteiger charge is -2.06. The molecule has 0 aliphatic rings. The van der Waals surface area contributed by atoms with Crippen LogP contribution in [0.15, 0.2) is 77.9 Å². The van der Waals surface area contributed by atoms with Gasteiger partial charge in [-0.25, -0.2) is 0 Å². The van der Waals surface area contributed by atoms with Gasteiger partial charge in [0.15, 0.2) is 5.11 Å². The predicted molar refractivity (Wildman–Crippen MR) is 122 cm³/mol. The van der Waals surface area contributed by atoms with Crippen molar-refractivity contribution in [2.24, 2.45) is 5.10 Å². The number of para-hydroxylation sites is 1. The van der Waals surface area contributed by atoms with E-state index >= 15 is 0 Å². The smallest absolute Gasteiger partial charge is 0.187 e. The van der Waals surface area contributed by atoms with Crippen molar-refractivity contribution in [2.45, 2.75) is 20.0 Å². The summed E-state index contributed by atoms with van der Waals surface area (Å²) in [5, 5.41) is 10.4. The molecule has 0 atom stereocenters. The molecule has 140 valence electrons. The first kappa shape index (κ1) is 18.2. The average molecular weight is 387 g/mol. The Balaban J connectivity index is 1.47. The number of benzene rings is 3. The van der Waals surface area contributed by atoms with Gasteiger partial charge in [-0.2, -0.15) is 5.10 Å². The van der Waals surface area contributed by atoms with Gasteiger partial charge in [-0.3, -0.25) is 5.43 Å². The molecule has 0 radical (unpaired) electrons. The molecule has 1 aromatic heterocycles. The third kappa shape index (κ3) is 3.75. The molecule has 0 saturated heterocycles. The Morgan fingerprint density at radius 3 is 2.54 bits per heavy atom. The Morgan fingerprint density at radius 2 is 1.71 bits per heavy atom. The average Bonchev–Trinajstić information content (AvgIpc) is 3.06. The minimum absolute atomic E-state index is 0.503. The largest absolute Gasteiger partial charge is 0.357 e. The van der Waals surface area contributed by atoms with Crippen molar-refractivity contribution >= 4 is 45.4 Å². The monoisotopic (exact) mass is 386 g/mol. The van der Waals surface area contributed by atoms with Crippen molar-refractivity contribution in [2.75, 3.05) is 0 Å². The van der Waals surface area contributed by atoms with Crippen LogP contribution in [0.3, 0.4) is 0 Å². The number of aromatic nitrogens is 1. The Morgan fingerprint density at radius 1 is 0.964 bits per heavy atom. The first-order valence-corrected chi connectivity index (χ1v) is 9.79. The molecule has 0 aliphatic heterocycles. The van der Waals surface area contributed by atoms with E-state index in [1.165, 1.54) is 27.4 Å². The maximum Gasteiger partial charge on any atom is 0.187 e. The van der Waals surface area contributed by atoms with Crippen LogP contribution in [0.4, 0.5) is 0 Å². The molecule has 4 nitrogen and oxygen atoms in total. The molecule has 1 heterocycles. The fraction of sp³-hybridized carbons (Fsp3) is 0.130. The minimum Gasteiger partial charge on any atom is -0.357 e. The van der Waals surface area contributed by atoms with E-state index in [0.29, 0.717) is 11.7 Å². The van der Waals surface area contributed by atoms with Gasteiger partial charge in [0.25, 0.3) is 0 Å². The molecule has 5 heteroatoms. The highest BCUT2D eigenvalue weighted by Gasteiger charge is 2.09. The fourth-order valence-electron chi connectivity index (χ4n) is 3.48. The molecule has 0 bridgehead atoms. The summed E-state index contributed by atoms with van der Waals surface area (Å²) in [7, 11) is 0. The summed E-state index contributed by atoms with van der Waals surface area (Å²) in [5.41, 5.74) is 7.60. The van der Waals surface area contributed by atoms with Gasteiger partial charge >= 0.3 is 0 Å². The van der Waals surface area contributed by atoms with Crippen LogP contribution < -0.4 is 10.7 Å². The lowest BCUT2D eigenvalue weighted by Crippen LogP contribution is -2.31. The van der Waals surface area contributed by atoms with Crippen LogP contribution in [-0.2, 0) is 13.1 Å². The van der Waals surface area contributed by atoms with Gasteiger partial charge in [0.1, 0.15) is 0 Å². The summed E-state index contributed by atoms with van der Waals surface area (Å²) in [4.78, 5) is 0. The molecule has 0 saturated carbocycles. The second-order valence-electron chi connectivity index (χ2n) is 6.58. The molecule has 4 aromatic rings. The van der Waals surface area contributed by atoms with E-state index in [4.69, 9.17) is 12.2 Å². The van der Waals surface area contributed by atoms with E-state index < -0.39 is 0 Å². The van der Waals surface area contributed by atoms with Gasteiger partial charge in [0.05, 0.1) is 6.21 Å². The lowest BCUT2D eigenvalue weighted by molar-refractivity contribution is 0.827. The highest BCUT2D eigenvalue weighted by atomic mass is 32.1. The van der Waals surface area contributed by atoms with E-state index in [9.17, 15) is 0 Å². The van der Waals surface area contributed by atoms with Gasteiger partial charge < -0.3 is 9.88 Å². The maximum atomic E-state index is 5.29. The van der Waals surface area contributed by atoms with E-state index in [0.717, 1.165) is 12.1 Å². The third-order valence-corrected chi connectivity index (χ3v) is 5.02. The van der Waals surface area contributed by atoms with Gasteiger partial charge in [0.2, 0.25) is 0 Å². The summed E-state index contributed by atoms with van der Waals surface area (Å²) in [6, 6.07) is 25.1. The number of hydrogen-bond donors (Lipinski definition) is 2. The number of fused-ring (bicyclic) bond motifs is 3. The number of hydrogen-bond acceptors (Lipinski definition) is 2. The summed E-state index contributed by atoms with van der Waals surface area (Å²) >= 11 is 5.29. The van der Waals surface area contributed by atoms with Crippen LogP contribution in [0.5, 0.6) is 0 Å². The van der Waals surface area contributed by atoms with Gasteiger partial charge in [-0.15, -0.1) is 0 Å². The fourth-order valence-corrected chi connectivity index (χ4v) is 3.60. The standard InChI is InChI=1S/C23H22N4S/c1-2-27-21-11-7-6-10-19(21)20-14-18(12-13-22(20)27)16-25-26-23(28)24-15-17-8-4-3-5-9-17/h3-14,16H,2,15H2,1H3,(H2,24,26,28)/b25-16-. The molecule has 4 rings (SSSR count). The summed E-state index contributed by atoms with van der Waals surface area (Å²) in [6.45, 7) is 3.79. The number of hydrazone groups is 1. The van der Waals surface area contributed by atoms with E-state index in [1.807, 2.05) is 18.2 Å². The topological polar surface area (TPSA) is 41.4 Å². The molecule has 0 aliphatic carbocycles. The van der Waals surface area contributed by atoms with E-state index in [1.54, 1.807) is 6.21 Å². The van der Waals surface area contributed by atoms with Crippen molar-refractivity contribution in [3.8, 4) is 0 Å². The second kappa shape index (κ2) is 8.23.